The van der Waals surface area contributed by atoms with Gasteiger partial charge in [0.1, 0.15) is 6.04 Å². The van der Waals surface area contributed by atoms with Crippen LogP contribution in [0.3, 0.4) is 0 Å². The topological polar surface area (TPSA) is 55.1 Å². The largest absolute Gasteiger partial charge is 0.368 e. The molecule has 1 aromatic carbocycles. The molecule has 76 valence electrons. The average Bonchev–Trinajstić information content (AvgIpc) is 2.09. The van der Waals surface area contributed by atoms with Crippen LogP contribution >= 0.6 is 23.2 Å². The molecule has 0 aliphatic carbocycles. The maximum absolute atomic E-state index is 11.0. The molecule has 0 fully saturated rings. The lowest BCUT2D eigenvalue weighted by Crippen LogP contribution is -2.31. The van der Waals surface area contributed by atoms with E-state index < -0.39 is 11.9 Å². The van der Waals surface area contributed by atoms with Crippen molar-refractivity contribution in [1.29, 1.82) is 0 Å². The third-order valence-electron chi connectivity index (χ3n) is 1.85. The summed E-state index contributed by atoms with van der Waals surface area (Å²) in [5, 5.41) is 3.73. The van der Waals surface area contributed by atoms with E-state index in [0.717, 1.165) is 0 Å². The van der Waals surface area contributed by atoms with Crippen molar-refractivity contribution in [2.75, 3.05) is 7.05 Å². The molecule has 1 aromatic rings. The van der Waals surface area contributed by atoms with Crippen molar-refractivity contribution in [1.82, 2.24) is 5.32 Å². The molecule has 14 heavy (non-hydrogen) atoms. The van der Waals surface area contributed by atoms with Crippen molar-refractivity contribution in [2.24, 2.45) is 5.73 Å². The highest BCUT2D eigenvalue weighted by Gasteiger charge is 2.18. The van der Waals surface area contributed by atoms with Gasteiger partial charge in [0.05, 0.1) is 0 Å². The van der Waals surface area contributed by atoms with Crippen LogP contribution in [0.4, 0.5) is 0 Å². The number of hydrogen-bond donors (Lipinski definition) is 2. The number of carbonyl (C=O) groups is 1. The smallest absolute Gasteiger partial charge is 0.239 e. The van der Waals surface area contributed by atoms with Gasteiger partial charge in [-0.05, 0) is 24.7 Å². The number of rotatable bonds is 3. The number of carbonyl (C=O) groups excluding carboxylic acids is 1. The first-order valence-corrected chi connectivity index (χ1v) is 4.73. The quantitative estimate of drug-likeness (QED) is 0.835. The predicted molar refractivity (Wildman–Crippen MR) is 57.5 cm³/mol. The summed E-state index contributed by atoms with van der Waals surface area (Å²) >= 11 is 11.6. The van der Waals surface area contributed by atoms with Crippen LogP contribution in [0.15, 0.2) is 18.2 Å². The highest BCUT2D eigenvalue weighted by Crippen LogP contribution is 2.25. The summed E-state index contributed by atoms with van der Waals surface area (Å²) in [6, 6.07) is 4.33. The monoisotopic (exact) mass is 232 g/mol. The zero-order valence-electron chi connectivity index (χ0n) is 7.55. The molecule has 3 nitrogen and oxygen atoms in total. The Labute approximate surface area is 92.2 Å². The highest BCUT2D eigenvalue weighted by atomic mass is 35.5. The molecule has 1 unspecified atom stereocenters. The van der Waals surface area contributed by atoms with Crippen LogP contribution in [0, 0.1) is 0 Å². The molecule has 1 rings (SSSR count). The van der Waals surface area contributed by atoms with Gasteiger partial charge in [0.25, 0.3) is 0 Å². The average molecular weight is 233 g/mol. The summed E-state index contributed by atoms with van der Waals surface area (Å²) in [4.78, 5) is 11.0. The van der Waals surface area contributed by atoms with E-state index in [0.29, 0.717) is 15.6 Å². The molecule has 0 saturated carbocycles. The van der Waals surface area contributed by atoms with Gasteiger partial charge in [-0.2, -0.15) is 0 Å². The highest BCUT2D eigenvalue weighted by molar-refractivity contribution is 6.35. The Balaban J connectivity index is 3.10. The summed E-state index contributed by atoms with van der Waals surface area (Å²) in [6.07, 6.45) is 0. The Morgan fingerprint density at radius 1 is 1.50 bits per heavy atom. The summed E-state index contributed by atoms with van der Waals surface area (Å²) in [5.41, 5.74) is 5.82. The number of likely N-dealkylation sites (N-methyl/N-ethyl adjacent to an activating group) is 1. The van der Waals surface area contributed by atoms with Crippen molar-refractivity contribution in [3.8, 4) is 0 Å². The molecule has 1 atom stereocenters. The van der Waals surface area contributed by atoms with Crippen molar-refractivity contribution in [3.05, 3.63) is 33.8 Å². The Bertz CT molecular complexity index is 355. The maximum Gasteiger partial charge on any atom is 0.239 e. The van der Waals surface area contributed by atoms with Crippen LogP contribution in [0.5, 0.6) is 0 Å². The fourth-order valence-corrected chi connectivity index (χ4v) is 1.70. The number of benzene rings is 1. The first kappa shape index (κ1) is 11.3. The molecule has 0 bridgehead atoms. The van der Waals surface area contributed by atoms with E-state index in [-0.39, 0.29) is 0 Å². The van der Waals surface area contributed by atoms with E-state index in [1.54, 1.807) is 25.2 Å². The molecule has 0 heterocycles. The van der Waals surface area contributed by atoms with E-state index in [9.17, 15) is 4.79 Å². The van der Waals surface area contributed by atoms with Crippen LogP contribution in [0.25, 0.3) is 0 Å². The van der Waals surface area contributed by atoms with Gasteiger partial charge in [-0.3, -0.25) is 4.79 Å². The van der Waals surface area contributed by atoms with E-state index in [1.807, 2.05) is 0 Å². The maximum atomic E-state index is 11.0. The molecule has 0 spiro atoms. The molecular formula is C9H10Cl2N2O. The number of amides is 1. The Hall–Kier alpha value is -0.770. The van der Waals surface area contributed by atoms with Gasteiger partial charge in [-0.1, -0.05) is 29.3 Å². The third-order valence-corrected chi connectivity index (χ3v) is 2.41. The standard InChI is InChI=1S/C9H10Cl2N2O/c1-13-8(9(12)14)6-3-2-5(10)4-7(6)11/h2-4,8,13H,1H3,(H2,12,14). The molecule has 1 amide bonds. The Kier molecular flexibility index (Phi) is 3.75. The van der Waals surface area contributed by atoms with E-state index in [1.165, 1.54) is 0 Å². The summed E-state index contributed by atoms with van der Waals surface area (Å²) in [7, 11) is 1.64. The lowest BCUT2D eigenvalue weighted by atomic mass is 10.1. The minimum atomic E-state index is -0.584. The van der Waals surface area contributed by atoms with Crippen LogP contribution < -0.4 is 11.1 Å². The van der Waals surface area contributed by atoms with Crippen molar-refractivity contribution >= 4 is 29.1 Å². The van der Waals surface area contributed by atoms with Gasteiger partial charge in [0.15, 0.2) is 0 Å². The van der Waals surface area contributed by atoms with Crippen molar-refractivity contribution in [2.45, 2.75) is 6.04 Å². The van der Waals surface area contributed by atoms with Gasteiger partial charge in [-0.25, -0.2) is 0 Å². The Morgan fingerprint density at radius 2 is 2.14 bits per heavy atom. The molecule has 0 aromatic heterocycles. The van der Waals surface area contributed by atoms with Gasteiger partial charge in [0, 0.05) is 10.0 Å². The fourth-order valence-electron chi connectivity index (χ4n) is 1.19. The number of primary amides is 1. The summed E-state index contributed by atoms with van der Waals surface area (Å²) in [6.45, 7) is 0. The molecular weight excluding hydrogens is 223 g/mol. The van der Waals surface area contributed by atoms with Crippen molar-refractivity contribution < 1.29 is 4.79 Å². The summed E-state index contributed by atoms with van der Waals surface area (Å²) in [5.74, 6) is -0.475. The fraction of sp³-hybridized carbons (Fsp3) is 0.222. The van der Waals surface area contributed by atoms with Crippen LogP contribution in [-0.4, -0.2) is 13.0 Å². The molecule has 3 N–H and O–H groups in total. The minimum Gasteiger partial charge on any atom is -0.368 e. The van der Waals surface area contributed by atoms with Gasteiger partial charge < -0.3 is 11.1 Å². The van der Waals surface area contributed by atoms with Crippen molar-refractivity contribution in [3.63, 3.8) is 0 Å². The molecule has 0 radical (unpaired) electrons. The zero-order chi connectivity index (χ0) is 10.7. The second-order valence-electron chi connectivity index (χ2n) is 2.79. The first-order valence-electron chi connectivity index (χ1n) is 3.97. The lowest BCUT2D eigenvalue weighted by molar-refractivity contribution is -0.120. The van der Waals surface area contributed by atoms with E-state index in [4.69, 9.17) is 28.9 Å². The van der Waals surface area contributed by atoms with Crippen LogP contribution in [-0.2, 0) is 4.79 Å². The van der Waals surface area contributed by atoms with E-state index in [2.05, 4.69) is 5.32 Å². The predicted octanol–water partition coefficient (Wildman–Crippen LogP) is 1.74. The lowest BCUT2D eigenvalue weighted by Gasteiger charge is -2.14. The van der Waals surface area contributed by atoms with Gasteiger partial charge in [-0.15, -0.1) is 0 Å². The number of nitrogens with two attached hydrogens (primary N) is 1. The van der Waals surface area contributed by atoms with Crippen LogP contribution in [0.1, 0.15) is 11.6 Å². The number of hydrogen-bond acceptors (Lipinski definition) is 2. The second kappa shape index (κ2) is 4.64. The third kappa shape index (κ3) is 2.38. The first-order chi connectivity index (χ1) is 6.56. The van der Waals surface area contributed by atoms with Gasteiger partial charge in [0.2, 0.25) is 5.91 Å². The SMILES string of the molecule is CNC(C(N)=O)c1ccc(Cl)cc1Cl. The summed E-state index contributed by atoms with van der Waals surface area (Å²) < 4.78 is 0. The number of halogens is 2. The zero-order valence-corrected chi connectivity index (χ0v) is 9.06. The molecule has 0 aliphatic heterocycles. The van der Waals surface area contributed by atoms with Gasteiger partial charge >= 0.3 is 0 Å². The second-order valence-corrected chi connectivity index (χ2v) is 3.63. The molecule has 5 heteroatoms. The Morgan fingerprint density at radius 3 is 2.57 bits per heavy atom. The molecule has 0 saturated heterocycles. The normalized spacial score (nSPS) is 12.5. The van der Waals surface area contributed by atoms with Crippen LogP contribution in [0.2, 0.25) is 10.0 Å². The molecule has 0 aliphatic rings. The number of nitrogens with one attached hydrogen (secondary N) is 1. The van der Waals surface area contributed by atoms with E-state index >= 15 is 0 Å². The minimum absolute atomic E-state index is 0.427.